The molecule has 2 N–H and O–H groups in total. The van der Waals surface area contributed by atoms with Crippen molar-refractivity contribution in [1.82, 2.24) is 15.5 Å². The number of carbonyl (C=O) groups excluding carboxylic acids is 1. The minimum atomic E-state index is -0.414. The Kier molecular flexibility index (Phi) is 5.77. The lowest BCUT2D eigenvalue weighted by molar-refractivity contribution is 0.249. The molecule has 2 aromatic carbocycles. The van der Waals surface area contributed by atoms with Gasteiger partial charge in [-0.2, -0.15) is 4.98 Å². The van der Waals surface area contributed by atoms with E-state index in [1.807, 2.05) is 0 Å². The molecule has 0 aliphatic rings. The molecule has 0 aliphatic carbocycles. The zero-order valence-corrected chi connectivity index (χ0v) is 15.4. The van der Waals surface area contributed by atoms with Crippen molar-refractivity contribution in [3.05, 3.63) is 53.4 Å². The van der Waals surface area contributed by atoms with E-state index in [2.05, 4.69) is 20.8 Å². The summed E-state index contributed by atoms with van der Waals surface area (Å²) in [5.74, 6) is 1.80. The van der Waals surface area contributed by atoms with E-state index in [-0.39, 0.29) is 12.4 Å². The van der Waals surface area contributed by atoms with Crippen LogP contribution in [0.3, 0.4) is 0 Å². The number of methoxy groups -OCH3 is 2. The van der Waals surface area contributed by atoms with Crippen LogP contribution in [-0.2, 0) is 6.54 Å². The van der Waals surface area contributed by atoms with Crippen LogP contribution < -0.4 is 20.1 Å². The molecule has 140 valence electrons. The van der Waals surface area contributed by atoms with Gasteiger partial charge in [-0.05, 0) is 36.4 Å². The normalized spacial score (nSPS) is 10.3. The van der Waals surface area contributed by atoms with Crippen LogP contribution in [0.5, 0.6) is 11.5 Å². The first-order valence-electron chi connectivity index (χ1n) is 7.94. The van der Waals surface area contributed by atoms with Gasteiger partial charge in [0.15, 0.2) is 11.5 Å². The van der Waals surface area contributed by atoms with Crippen LogP contribution in [-0.4, -0.2) is 30.4 Å². The summed E-state index contributed by atoms with van der Waals surface area (Å²) in [5, 5.41) is 9.75. The molecule has 1 heterocycles. The van der Waals surface area contributed by atoms with E-state index in [9.17, 15) is 4.79 Å². The third-order valence-corrected chi connectivity index (χ3v) is 3.83. The first-order valence-corrected chi connectivity index (χ1v) is 8.32. The van der Waals surface area contributed by atoms with Crippen LogP contribution in [0.4, 0.5) is 10.5 Å². The van der Waals surface area contributed by atoms with Crippen molar-refractivity contribution < 1.29 is 18.8 Å². The van der Waals surface area contributed by atoms with Crippen LogP contribution in [0.25, 0.3) is 11.4 Å². The molecule has 2 amide bonds. The zero-order chi connectivity index (χ0) is 19.2. The Bertz CT molecular complexity index is 945. The topological polar surface area (TPSA) is 98.5 Å². The summed E-state index contributed by atoms with van der Waals surface area (Å²) < 4.78 is 15.6. The predicted molar refractivity (Wildman–Crippen MR) is 100 cm³/mol. The Morgan fingerprint density at radius 2 is 1.96 bits per heavy atom. The smallest absolute Gasteiger partial charge is 0.319 e. The first-order chi connectivity index (χ1) is 13.1. The number of hydrogen-bond acceptors (Lipinski definition) is 6. The second kappa shape index (κ2) is 8.41. The molecular formula is C18H17ClN4O4. The van der Waals surface area contributed by atoms with Gasteiger partial charge in [0.1, 0.15) is 0 Å². The van der Waals surface area contributed by atoms with Crippen LogP contribution in [0.15, 0.2) is 47.0 Å². The Balaban J connectivity index is 1.62. The molecule has 0 saturated carbocycles. The van der Waals surface area contributed by atoms with Crippen LogP contribution in [0.2, 0.25) is 5.02 Å². The molecule has 8 nitrogen and oxygen atoms in total. The van der Waals surface area contributed by atoms with Crippen LogP contribution in [0, 0.1) is 0 Å². The fraction of sp³-hybridized carbons (Fsp3) is 0.167. The van der Waals surface area contributed by atoms with E-state index in [4.69, 9.17) is 25.6 Å². The van der Waals surface area contributed by atoms with Crippen LogP contribution >= 0.6 is 11.6 Å². The molecule has 1 aromatic heterocycles. The van der Waals surface area contributed by atoms with Gasteiger partial charge in [0.2, 0.25) is 11.7 Å². The highest BCUT2D eigenvalue weighted by molar-refractivity contribution is 6.30. The van der Waals surface area contributed by atoms with E-state index >= 15 is 0 Å². The molecule has 0 unspecified atom stereocenters. The van der Waals surface area contributed by atoms with E-state index < -0.39 is 6.03 Å². The molecule has 3 rings (SSSR count). The summed E-state index contributed by atoms with van der Waals surface area (Å²) in [6.45, 7) is 0.0761. The number of halogens is 1. The highest BCUT2D eigenvalue weighted by Crippen LogP contribution is 2.31. The summed E-state index contributed by atoms with van der Waals surface area (Å²) in [7, 11) is 3.11. The molecule has 27 heavy (non-hydrogen) atoms. The summed E-state index contributed by atoms with van der Waals surface area (Å²) >= 11 is 5.88. The van der Waals surface area contributed by atoms with Gasteiger partial charge in [0.25, 0.3) is 0 Å². The van der Waals surface area contributed by atoms with Gasteiger partial charge in [-0.1, -0.05) is 22.8 Å². The molecule has 0 atom stereocenters. The quantitative estimate of drug-likeness (QED) is 0.667. The highest BCUT2D eigenvalue weighted by atomic mass is 35.5. The molecule has 0 radical (unpaired) electrons. The molecule has 0 bridgehead atoms. The van der Waals surface area contributed by atoms with Crippen molar-refractivity contribution in [2.45, 2.75) is 6.54 Å². The number of ether oxygens (including phenoxy) is 2. The number of urea groups is 1. The Hall–Kier alpha value is -3.26. The Morgan fingerprint density at radius 1 is 1.15 bits per heavy atom. The lowest BCUT2D eigenvalue weighted by atomic mass is 10.2. The summed E-state index contributed by atoms with van der Waals surface area (Å²) in [5.41, 5.74) is 1.28. The highest BCUT2D eigenvalue weighted by Gasteiger charge is 2.13. The maximum Gasteiger partial charge on any atom is 0.319 e. The average Bonchev–Trinajstić information content (AvgIpc) is 3.15. The van der Waals surface area contributed by atoms with E-state index in [1.54, 1.807) is 56.7 Å². The number of nitrogens with zero attached hydrogens (tertiary/aromatic N) is 2. The van der Waals surface area contributed by atoms with Crippen molar-refractivity contribution in [3.63, 3.8) is 0 Å². The number of amides is 2. The largest absolute Gasteiger partial charge is 0.493 e. The summed E-state index contributed by atoms with van der Waals surface area (Å²) in [6, 6.07) is 11.7. The number of anilines is 1. The standard InChI is InChI=1S/C18H17ClN4O4/c1-25-14-7-6-11(8-15(14)26-2)17-22-16(27-23-17)10-20-18(24)21-13-5-3-4-12(19)9-13/h3-9H,10H2,1-2H3,(H2,20,21,24). The lowest BCUT2D eigenvalue weighted by Gasteiger charge is -2.07. The van der Waals surface area contributed by atoms with Gasteiger partial charge < -0.3 is 24.6 Å². The molecular weight excluding hydrogens is 372 g/mol. The van der Waals surface area contributed by atoms with Gasteiger partial charge in [0.05, 0.1) is 20.8 Å². The number of nitrogens with one attached hydrogen (secondary N) is 2. The Morgan fingerprint density at radius 3 is 2.70 bits per heavy atom. The number of rotatable bonds is 6. The van der Waals surface area contributed by atoms with Crippen molar-refractivity contribution in [2.24, 2.45) is 0 Å². The van der Waals surface area contributed by atoms with Crippen LogP contribution in [0.1, 0.15) is 5.89 Å². The summed E-state index contributed by atoms with van der Waals surface area (Å²) in [6.07, 6.45) is 0. The second-order valence-corrected chi connectivity index (χ2v) is 5.84. The fourth-order valence-corrected chi connectivity index (χ4v) is 2.51. The number of hydrogen-bond donors (Lipinski definition) is 2. The third kappa shape index (κ3) is 4.68. The molecule has 0 fully saturated rings. The zero-order valence-electron chi connectivity index (χ0n) is 14.7. The number of carbonyl (C=O) groups is 1. The first kappa shape index (κ1) is 18.5. The maximum absolute atomic E-state index is 11.9. The number of benzene rings is 2. The van der Waals surface area contributed by atoms with Gasteiger partial charge in [-0.15, -0.1) is 0 Å². The average molecular weight is 389 g/mol. The van der Waals surface area contributed by atoms with Gasteiger partial charge in [-0.25, -0.2) is 4.79 Å². The monoisotopic (exact) mass is 388 g/mol. The molecule has 3 aromatic rings. The van der Waals surface area contributed by atoms with Gasteiger partial charge >= 0.3 is 6.03 Å². The molecule has 0 saturated heterocycles. The maximum atomic E-state index is 11.9. The molecule has 0 aliphatic heterocycles. The number of aromatic nitrogens is 2. The molecule has 0 spiro atoms. The minimum Gasteiger partial charge on any atom is -0.493 e. The van der Waals surface area contributed by atoms with Crippen molar-refractivity contribution >= 4 is 23.3 Å². The minimum absolute atomic E-state index is 0.0761. The van der Waals surface area contributed by atoms with Gasteiger partial charge in [0, 0.05) is 16.3 Å². The third-order valence-electron chi connectivity index (χ3n) is 3.59. The molecule has 9 heteroatoms. The van der Waals surface area contributed by atoms with E-state index in [1.165, 1.54) is 0 Å². The Labute approximate surface area is 160 Å². The summed E-state index contributed by atoms with van der Waals surface area (Å²) in [4.78, 5) is 16.2. The van der Waals surface area contributed by atoms with Gasteiger partial charge in [-0.3, -0.25) is 0 Å². The van der Waals surface area contributed by atoms with Crippen molar-refractivity contribution in [3.8, 4) is 22.9 Å². The van der Waals surface area contributed by atoms with E-state index in [0.717, 1.165) is 0 Å². The van der Waals surface area contributed by atoms with E-state index in [0.29, 0.717) is 33.6 Å². The predicted octanol–water partition coefficient (Wildman–Crippen LogP) is 3.73. The fourth-order valence-electron chi connectivity index (χ4n) is 2.32. The SMILES string of the molecule is COc1ccc(-c2noc(CNC(=O)Nc3cccc(Cl)c3)n2)cc1OC. The second-order valence-electron chi connectivity index (χ2n) is 5.40. The van der Waals surface area contributed by atoms with Crippen molar-refractivity contribution in [2.75, 3.05) is 19.5 Å². The van der Waals surface area contributed by atoms with Crippen molar-refractivity contribution in [1.29, 1.82) is 0 Å². The lowest BCUT2D eigenvalue weighted by Crippen LogP contribution is -2.28.